The van der Waals surface area contributed by atoms with Crippen molar-refractivity contribution >= 4 is 11.7 Å². The van der Waals surface area contributed by atoms with Gasteiger partial charge in [-0.05, 0) is 32.3 Å². The van der Waals surface area contributed by atoms with Crippen molar-refractivity contribution < 1.29 is 4.79 Å². The van der Waals surface area contributed by atoms with Gasteiger partial charge in [0.05, 0.1) is 0 Å². The minimum Gasteiger partial charge on any atom is -0.356 e. The molecule has 3 N–H and O–H groups in total. The van der Waals surface area contributed by atoms with Gasteiger partial charge in [0.1, 0.15) is 17.7 Å². The zero-order valence-corrected chi connectivity index (χ0v) is 14.8. The lowest BCUT2D eigenvalue weighted by molar-refractivity contribution is -0.123. The predicted molar refractivity (Wildman–Crippen MR) is 98.3 cm³/mol. The molecule has 0 aliphatic carbocycles. The summed E-state index contributed by atoms with van der Waals surface area (Å²) in [5.74, 6) is 1.65. The van der Waals surface area contributed by atoms with E-state index in [4.69, 9.17) is 5.73 Å². The molecule has 1 saturated heterocycles. The molecule has 3 rings (SSSR count). The Morgan fingerprint density at radius 3 is 2.52 bits per heavy atom. The highest BCUT2D eigenvalue weighted by molar-refractivity contribution is 5.83. The van der Waals surface area contributed by atoms with E-state index in [1.807, 2.05) is 50.2 Å². The molecular weight excluding hydrogens is 314 g/mol. The fourth-order valence-corrected chi connectivity index (χ4v) is 3.22. The molecule has 0 spiro atoms. The van der Waals surface area contributed by atoms with Crippen LogP contribution in [0.25, 0.3) is 0 Å². The Kier molecular flexibility index (Phi) is 5.28. The Hall–Kier alpha value is -2.47. The lowest BCUT2D eigenvalue weighted by Gasteiger charge is -2.33. The van der Waals surface area contributed by atoms with Crippen LogP contribution in [-0.2, 0) is 4.79 Å². The fraction of sp³-hybridized carbons (Fsp3) is 0.421. The van der Waals surface area contributed by atoms with Crippen LogP contribution in [0.1, 0.15) is 36.0 Å². The number of nitrogens with zero attached hydrogens (tertiary/aromatic N) is 3. The molecule has 1 fully saturated rings. The minimum absolute atomic E-state index is 0.113. The molecule has 2 aromatic rings. The number of carbonyl (C=O) groups is 1. The molecule has 1 atom stereocenters. The van der Waals surface area contributed by atoms with Gasteiger partial charge in [-0.25, -0.2) is 9.97 Å². The fourth-order valence-electron chi connectivity index (χ4n) is 3.22. The largest absolute Gasteiger partial charge is 0.356 e. The van der Waals surface area contributed by atoms with E-state index in [0.29, 0.717) is 0 Å². The number of amides is 1. The number of hydrogen-bond acceptors (Lipinski definition) is 5. The standard InChI is InChI=1S/C19H25N5O/c1-13-12-17(22-14(2)21-13)24-10-8-16(9-11-24)23-19(25)18(20)15-6-4-3-5-7-15/h3-7,12,16,18H,8-11,20H2,1-2H3,(H,23,25). The van der Waals surface area contributed by atoms with E-state index >= 15 is 0 Å². The third-order valence-electron chi connectivity index (χ3n) is 4.56. The molecule has 0 saturated carbocycles. The maximum Gasteiger partial charge on any atom is 0.241 e. The summed E-state index contributed by atoms with van der Waals surface area (Å²) in [7, 11) is 0. The number of anilines is 1. The molecule has 1 aliphatic rings. The normalized spacial score (nSPS) is 16.5. The molecular formula is C19H25N5O. The zero-order chi connectivity index (χ0) is 17.8. The van der Waals surface area contributed by atoms with Gasteiger partial charge in [-0.2, -0.15) is 0 Å². The molecule has 1 aromatic heterocycles. The van der Waals surface area contributed by atoms with Crippen molar-refractivity contribution in [2.24, 2.45) is 5.73 Å². The van der Waals surface area contributed by atoms with Crippen LogP contribution in [0, 0.1) is 13.8 Å². The predicted octanol–water partition coefficient (Wildman–Crippen LogP) is 1.88. The molecule has 25 heavy (non-hydrogen) atoms. The number of aromatic nitrogens is 2. The molecule has 0 radical (unpaired) electrons. The van der Waals surface area contributed by atoms with Crippen LogP contribution in [0.2, 0.25) is 0 Å². The molecule has 132 valence electrons. The van der Waals surface area contributed by atoms with E-state index < -0.39 is 6.04 Å². The number of rotatable bonds is 4. The average molecular weight is 339 g/mol. The van der Waals surface area contributed by atoms with Crippen molar-refractivity contribution in [1.29, 1.82) is 0 Å². The summed E-state index contributed by atoms with van der Waals surface area (Å²) in [6, 6.07) is 11.0. The average Bonchev–Trinajstić information content (AvgIpc) is 2.61. The molecule has 0 bridgehead atoms. The third kappa shape index (κ3) is 4.33. The van der Waals surface area contributed by atoms with Crippen molar-refractivity contribution in [3.8, 4) is 0 Å². The van der Waals surface area contributed by atoms with Gasteiger partial charge in [-0.1, -0.05) is 30.3 Å². The Morgan fingerprint density at radius 2 is 1.88 bits per heavy atom. The van der Waals surface area contributed by atoms with Crippen LogP contribution in [0.15, 0.2) is 36.4 Å². The lowest BCUT2D eigenvalue weighted by Crippen LogP contribution is -2.47. The van der Waals surface area contributed by atoms with Crippen LogP contribution in [-0.4, -0.2) is 35.0 Å². The Balaban J connectivity index is 1.55. The Bertz CT molecular complexity index is 706. The highest BCUT2D eigenvalue weighted by Gasteiger charge is 2.24. The summed E-state index contributed by atoms with van der Waals surface area (Å²) in [5, 5.41) is 3.09. The number of carbonyl (C=O) groups excluding carboxylic acids is 1. The highest BCUT2D eigenvalue weighted by Crippen LogP contribution is 2.19. The first-order valence-electron chi connectivity index (χ1n) is 8.71. The SMILES string of the molecule is Cc1cc(N2CCC(NC(=O)C(N)c3ccccc3)CC2)nc(C)n1. The summed E-state index contributed by atoms with van der Waals surface area (Å²) in [6.07, 6.45) is 1.77. The maximum atomic E-state index is 12.4. The zero-order valence-electron chi connectivity index (χ0n) is 14.8. The third-order valence-corrected chi connectivity index (χ3v) is 4.56. The van der Waals surface area contributed by atoms with Crippen molar-refractivity contribution in [3.63, 3.8) is 0 Å². The van der Waals surface area contributed by atoms with Crippen LogP contribution < -0.4 is 16.0 Å². The van der Waals surface area contributed by atoms with E-state index in [-0.39, 0.29) is 11.9 Å². The first-order chi connectivity index (χ1) is 12.0. The van der Waals surface area contributed by atoms with Crippen molar-refractivity contribution in [1.82, 2.24) is 15.3 Å². The second-order valence-corrected chi connectivity index (χ2v) is 6.57. The maximum absolute atomic E-state index is 12.4. The van der Waals surface area contributed by atoms with Crippen LogP contribution in [0.4, 0.5) is 5.82 Å². The molecule has 2 heterocycles. The first kappa shape index (κ1) is 17.4. The number of nitrogens with one attached hydrogen (secondary N) is 1. The topological polar surface area (TPSA) is 84.1 Å². The van der Waals surface area contributed by atoms with Crippen molar-refractivity contribution in [2.75, 3.05) is 18.0 Å². The lowest BCUT2D eigenvalue weighted by atomic mass is 10.0. The quantitative estimate of drug-likeness (QED) is 0.888. The van der Waals surface area contributed by atoms with Gasteiger partial charge in [0, 0.05) is 30.9 Å². The van der Waals surface area contributed by atoms with E-state index in [9.17, 15) is 4.79 Å². The van der Waals surface area contributed by atoms with Gasteiger partial charge in [0.15, 0.2) is 0 Å². The van der Waals surface area contributed by atoms with Gasteiger partial charge in [0.2, 0.25) is 5.91 Å². The summed E-state index contributed by atoms with van der Waals surface area (Å²) < 4.78 is 0. The van der Waals surface area contributed by atoms with Gasteiger partial charge in [-0.3, -0.25) is 4.79 Å². The molecule has 1 aliphatic heterocycles. The number of benzene rings is 1. The van der Waals surface area contributed by atoms with Crippen LogP contribution >= 0.6 is 0 Å². The molecule has 1 unspecified atom stereocenters. The number of nitrogens with two attached hydrogens (primary N) is 1. The minimum atomic E-state index is -0.619. The molecule has 6 nitrogen and oxygen atoms in total. The van der Waals surface area contributed by atoms with E-state index in [1.54, 1.807) is 0 Å². The summed E-state index contributed by atoms with van der Waals surface area (Å²) >= 11 is 0. The smallest absolute Gasteiger partial charge is 0.241 e. The highest BCUT2D eigenvalue weighted by atomic mass is 16.2. The molecule has 1 amide bonds. The van der Waals surface area contributed by atoms with Crippen LogP contribution in [0.3, 0.4) is 0 Å². The summed E-state index contributed by atoms with van der Waals surface area (Å²) in [5.41, 5.74) is 7.88. The van der Waals surface area contributed by atoms with Gasteiger partial charge < -0.3 is 16.0 Å². The Morgan fingerprint density at radius 1 is 1.20 bits per heavy atom. The molecule has 1 aromatic carbocycles. The second-order valence-electron chi connectivity index (χ2n) is 6.57. The van der Waals surface area contributed by atoms with Crippen molar-refractivity contribution in [3.05, 3.63) is 53.5 Å². The number of piperidine rings is 1. The van der Waals surface area contributed by atoms with E-state index in [1.165, 1.54) is 0 Å². The van der Waals surface area contributed by atoms with Gasteiger partial charge in [-0.15, -0.1) is 0 Å². The second kappa shape index (κ2) is 7.61. The van der Waals surface area contributed by atoms with E-state index in [0.717, 1.165) is 48.8 Å². The number of hydrogen-bond donors (Lipinski definition) is 2. The first-order valence-corrected chi connectivity index (χ1v) is 8.71. The van der Waals surface area contributed by atoms with Crippen molar-refractivity contribution in [2.45, 2.75) is 38.8 Å². The monoisotopic (exact) mass is 339 g/mol. The van der Waals surface area contributed by atoms with Crippen LogP contribution in [0.5, 0.6) is 0 Å². The van der Waals surface area contributed by atoms with Gasteiger partial charge in [0.25, 0.3) is 0 Å². The molecule has 6 heteroatoms. The summed E-state index contributed by atoms with van der Waals surface area (Å²) in [6.45, 7) is 5.62. The van der Waals surface area contributed by atoms with Gasteiger partial charge >= 0.3 is 0 Å². The Labute approximate surface area is 148 Å². The summed E-state index contributed by atoms with van der Waals surface area (Å²) in [4.78, 5) is 23.5. The van der Waals surface area contributed by atoms with E-state index in [2.05, 4.69) is 20.2 Å². The number of aryl methyl sites for hydroxylation is 2.